The van der Waals surface area contributed by atoms with Crippen LogP contribution in [0.3, 0.4) is 0 Å². The van der Waals surface area contributed by atoms with Crippen LogP contribution in [-0.4, -0.2) is 30.5 Å². The van der Waals surface area contributed by atoms with E-state index in [4.69, 9.17) is 4.74 Å². The summed E-state index contributed by atoms with van der Waals surface area (Å²) < 4.78 is 5.63. The van der Waals surface area contributed by atoms with Crippen LogP contribution >= 0.6 is 0 Å². The Morgan fingerprint density at radius 1 is 1.15 bits per heavy atom. The summed E-state index contributed by atoms with van der Waals surface area (Å²) in [7, 11) is 0. The second-order valence-electron chi connectivity index (χ2n) is 6.61. The maximum absolute atomic E-state index is 13.2. The molecule has 1 heterocycles. The predicted molar refractivity (Wildman–Crippen MR) is 102 cm³/mol. The van der Waals surface area contributed by atoms with Gasteiger partial charge in [-0.3, -0.25) is 14.5 Å². The first-order valence-corrected chi connectivity index (χ1v) is 8.97. The predicted octanol–water partition coefficient (Wildman–Crippen LogP) is 3.18. The van der Waals surface area contributed by atoms with Gasteiger partial charge in [0.25, 0.3) is 5.91 Å². The van der Waals surface area contributed by atoms with Crippen molar-refractivity contribution >= 4 is 17.5 Å². The summed E-state index contributed by atoms with van der Waals surface area (Å²) in [5.74, 6) is 0.415. The maximum atomic E-state index is 13.2. The van der Waals surface area contributed by atoms with Gasteiger partial charge in [-0.25, -0.2) is 0 Å². The molecule has 0 spiro atoms. The molecule has 1 aliphatic rings. The zero-order valence-corrected chi connectivity index (χ0v) is 15.4. The highest BCUT2D eigenvalue weighted by Crippen LogP contribution is 2.33. The summed E-state index contributed by atoms with van der Waals surface area (Å²) in [6, 6.07) is 14.2. The number of ether oxygens (including phenoxy) is 1. The van der Waals surface area contributed by atoms with Crippen molar-refractivity contribution in [2.45, 2.75) is 39.3 Å². The molecule has 0 aliphatic carbocycles. The molecule has 1 N–H and O–H groups in total. The number of nitrogens with zero attached hydrogens (tertiary/aromatic N) is 1. The van der Waals surface area contributed by atoms with Crippen molar-refractivity contribution in [2.24, 2.45) is 0 Å². The van der Waals surface area contributed by atoms with Crippen LogP contribution in [0.2, 0.25) is 0 Å². The van der Waals surface area contributed by atoms with Crippen molar-refractivity contribution in [3.8, 4) is 5.75 Å². The molecule has 26 heavy (non-hydrogen) atoms. The van der Waals surface area contributed by atoms with E-state index in [1.165, 1.54) is 0 Å². The number of anilines is 1. The Balaban J connectivity index is 1.90. The van der Waals surface area contributed by atoms with E-state index in [9.17, 15) is 9.59 Å². The van der Waals surface area contributed by atoms with Crippen LogP contribution in [0.5, 0.6) is 5.75 Å². The largest absolute Gasteiger partial charge is 0.491 e. The lowest BCUT2D eigenvalue weighted by atomic mass is 10.1. The topological polar surface area (TPSA) is 58.6 Å². The van der Waals surface area contributed by atoms with Crippen LogP contribution < -0.4 is 15.0 Å². The van der Waals surface area contributed by atoms with Gasteiger partial charge < -0.3 is 10.1 Å². The van der Waals surface area contributed by atoms with Crippen LogP contribution in [0.25, 0.3) is 0 Å². The SMILES string of the molecule is CCNC(=O)[C@@H]1Cc2ccccc2N1C(=O)c1ccc(OC(C)C)cc1. The normalized spacial score (nSPS) is 15.7. The van der Waals surface area contributed by atoms with Gasteiger partial charge in [-0.2, -0.15) is 0 Å². The summed E-state index contributed by atoms with van der Waals surface area (Å²) in [5, 5.41) is 2.84. The summed E-state index contributed by atoms with van der Waals surface area (Å²) in [6.45, 7) is 6.32. The fourth-order valence-corrected chi connectivity index (χ4v) is 3.23. The average molecular weight is 352 g/mol. The summed E-state index contributed by atoms with van der Waals surface area (Å²) in [4.78, 5) is 27.3. The van der Waals surface area contributed by atoms with Crippen molar-refractivity contribution in [3.63, 3.8) is 0 Å². The first kappa shape index (κ1) is 18.0. The molecule has 0 radical (unpaired) electrons. The number of hydrogen-bond acceptors (Lipinski definition) is 3. The van der Waals surface area contributed by atoms with Crippen molar-refractivity contribution in [1.29, 1.82) is 0 Å². The molecule has 1 atom stereocenters. The maximum Gasteiger partial charge on any atom is 0.259 e. The Kier molecular flexibility index (Phi) is 5.26. The monoisotopic (exact) mass is 352 g/mol. The highest BCUT2D eigenvalue weighted by molar-refractivity contribution is 6.11. The standard InChI is InChI=1S/C21H24N2O3/c1-4-22-20(24)19-13-16-7-5-6-8-18(16)23(19)21(25)15-9-11-17(12-10-15)26-14(2)3/h5-12,14,19H,4,13H2,1-3H3,(H,22,24)/t19-/m0/s1. The number of carbonyl (C=O) groups excluding carboxylic acids is 2. The molecule has 5 nitrogen and oxygen atoms in total. The van der Waals surface area contributed by atoms with E-state index in [-0.39, 0.29) is 17.9 Å². The molecule has 3 rings (SSSR count). The van der Waals surface area contributed by atoms with E-state index >= 15 is 0 Å². The molecule has 136 valence electrons. The van der Waals surface area contributed by atoms with Gasteiger partial charge in [-0.1, -0.05) is 18.2 Å². The van der Waals surface area contributed by atoms with E-state index in [0.29, 0.717) is 18.5 Å². The Morgan fingerprint density at radius 2 is 1.85 bits per heavy atom. The molecule has 0 saturated carbocycles. The van der Waals surface area contributed by atoms with Crippen LogP contribution in [0.1, 0.15) is 36.7 Å². The number of para-hydroxylation sites is 1. The van der Waals surface area contributed by atoms with Crippen molar-refractivity contribution in [2.75, 3.05) is 11.4 Å². The van der Waals surface area contributed by atoms with Gasteiger partial charge in [-0.15, -0.1) is 0 Å². The summed E-state index contributed by atoms with van der Waals surface area (Å²) >= 11 is 0. The fraction of sp³-hybridized carbons (Fsp3) is 0.333. The zero-order valence-electron chi connectivity index (χ0n) is 15.4. The lowest BCUT2D eigenvalue weighted by Gasteiger charge is -2.25. The van der Waals surface area contributed by atoms with E-state index in [1.807, 2.05) is 45.0 Å². The number of benzene rings is 2. The zero-order chi connectivity index (χ0) is 18.7. The molecule has 0 fully saturated rings. The number of carbonyl (C=O) groups is 2. The van der Waals surface area contributed by atoms with Gasteiger partial charge in [-0.05, 0) is 56.7 Å². The van der Waals surface area contributed by atoms with Crippen LogP contribution in [-0.2, 0) is 11.2 Å². The number of fused-ring (bicyclic) bond motifs is 1. The van der Waals surface area contributed by atoms with Crippen LogP contribution in [0.15, 0.2) is 48.5 Å². The molecule has 1 aliphatic heterocycles. The van der Waals surface area contributed by atoms with Crippen LogP contribution in [0, 0.1) is 0 Å². The molecule has 5 heteroatoms. The molecule has 0 saturated heterocycles. The van der Waals surface area contributed by atoms with E-state index in [2.05, 4.69) is 5.32 Å². The Hall–Kier alpha value is -2.82. The minimum Gasteiger partial charge on any atom is -0.491 e. The summed E-state index contributed by atoms with van der Waals surface area (Å²) in [6.07, 6.45) is 0.603. The average Bonchev–Trinajstić information content (AvgIpc) is 3.01. The number of amides is 2. The number of likely N-dealkylation sites (N-methyl/N-ethyl adjacent to an activating group) is 1. The minimum absolute atomic E-state index is 0.0733. The number of hydrogen-bond donors (Lipinski definition) is 1. The minimum atomic E-state index is -0.522. The van der Waals surface area contributed by atoms with Gasteiger partial charge in [0.05, 0.1) is 6.10 Å². The van der Waals surface area contributed by atoms with Crippen LogP contribution in [0.4, 0.5) is 5.69 Å². The molecular weight excluding hydrogens is 328 g/mol. The first-order valence-electron chi connectivity index (χ1n) is 8.97. The second kappa shape index (κ2) is 7.60. The van der Waals surface area contributed by atoms with Gasteiger partial charge in [0.2, 0.25) is 5.91 Å². The lowest BCUT2D eigenvalue weighted by molar-refractivity contribution is -0.122. The third-order valence-electron chi connectivity index (χ3n) is 4.32. The third kappa shape index (κ3) is 3.57. The first-order chi connectivity index (χ1) is 12.5. The summed E-state index contributed by atoms with van der Waals surface area (Å²) in [5.41, 5.74) is 2.35. The van der Waals surface area contributed by atoms with Crippen molar-refractivity contribution < 1.29 is 14.3 Å². The molecule has 2 amide bonds. The lowest BCUT2D eigenvalue weighted by Crippen LogP contribution is -2.48. The highest BCUT2D eigenvalue weighted by Gasteiger charge is 2.38. The quantitative estimate of drug-likeness (QED) is 0.899. The molecule has 0 unspecified atom stereocenters. The molecule has 2 aromatic carbocycles. The van der Waals surface area contributed by atoms with E-state index in [1.54, 1.807) is 29.2 Å². The van der Waals surface area contributed by atoms with Gasteiger partial charge in [0.1, 0.15) is 11.8 Å². The van der Waals surface area contributed by atoms with Crippen molar-refractivity contribution in [1.82, 2.24) is 5.32 Å². The Bertz CT molecular complexity index is 799. The third-order valence-corrected chi connectivity index (χ3v) is 4.32. The van der Waals surface area contributed by atoms with Crippen molar-refractivity contribution in [3.05, 3.63) is 59.7 Å². The van der Waals surface area contributed by atoms with E-state index in [0.717, 1.165) is 17.0 Å². The fourth-order valence-electron chi connectivity index (χ4n) is 3.23. The number of nitrogens with one attached hydrogen (secondary N) is 1. The molecule has 0 bridgehead atoms. The van der Waals surface area contributed by atoms with Gasteiger partial charge >= 0.3 is 0 Å². The molecular formula is C21H24N2O3. The second-order valence-corrected chi connectivity index (χ2v) is 6.61. The Morgan fingerprint density at radius 3 is 2.50 bits per heavy atom. The van der Waals surface area contributed by atoms with E-state index < -0.39 is 6.04 Å². The Labute approximate surface area is 154 Å². The smallest absolute Gasteiger partial charge is 0.259 e. The molecule has 0 aromatic heterocycles. The van der Waals surface area contributed by atoms with Gasteiger partial charge in [0, 0.05) is 24.2 Å². The molecule has 2 aromatic rings. The van der Waals surface area contributed by atoms with Gasteiger partial charge in [0.15, 0.2) is 0 Å². The highest BCUT2D eigenvalue weighted by atomic mass is 16.5. The number of rotatable bonds is 5.